The van der Waals surface area contributed by atoms with Gasteiger partial charge in [-0.25, -0.2) is 0 Å². The van der Waals surface area contributed by atoms with Crippen LogP contribution in [0.2, 0.25) is 10.0 Å². The third-order valence-corrected chi connectivity index (χ3v) is 6.82. The van der Waals surface area contributed by atoms with Gasteiger partial charge in [-0.1, -0.05) is 29.8 Å². The molecule has 0 saturated heterocycles. The lowest BCUT2D eigenvalue weighted by molar-refractivity contribution is 0.184. The molecular weight excluding hydrogens is 533 g/mol. The van der Waals surface area contributed by atoms with Crippen LogP contribution in [0.5, 0.6) is 11.5 Å². The molecule has 0 saturated carbocycles. The monoisotopic (exact) mass is 559 g/mol. The topological polar surface area (TPSA) is 113 Å². The summed E-state index contributed by atoms with van der Waals surface area (Å²) in [6, 6.07) is 5.05. The molecule has 4 rings (SSSR count). The number of hydrogen-bond acceptors (Lipinski definition) is 8. The molecule has 3 aromatic heterocycles. The van der Waals surface area contributed by atoms with Crippen LogP contribution in [-0.2, 0) is 18.3 Å². The standard InChI is InChI=1S/C26H27Cl2N5O5/c1-6-21(34)31-17-13-30-33(7-8-36-3)25(17)16-10-15-14(12-29-16)9-18(32(2)26(15)35)22-23(27)19(37-4)11-20(38-5)24(22)28/h6,9-13,21,31,34H,1,7-8H2,2-5H3. The van der Waals surface area contributed by atoms with E-state index < -0.39 is 6.23 Å². The Labute approximate surface area is 229 Å². The third-order valence-electron chi connectivity index (χ3n) is 6.07. The Bertz CT molecular complexity index is 1540. The number of nitrogens with zero attached hydrogens (tertiary/aromatic N) is 4. The van der Waals surface area contributed by atoms with Crippen LogP contribution in [0.3, 0.4) is 0 Å². The lowest BCUT2D eigenvalue weighted by atomic mass is 10.1. The van der Waals surface area contributed by atoms with Crippen molar-refractivity contribution in [3.8, 4) is 34.1 Å². The second kappa shape index (κ2) is 11.4. The number of aliphatic hydroxyl groups is 1. The van der Waals surface area contributed by atoms with Crippen molar-refractivity contribution in [1.82, 2.24) is 19.3 Å². The van der Waals surface area contributed by atoms with Gasteiger partial charge in [0.25, 0.3) is 5.56 Å². The van der Waals surface area contributed by atoms with Crippen LogP contribution < -0.4 is 20.3 Å². The van der Waals surface area contributed by atoms with Gasteiger partial charge in [-0.3, -0.25) is 14.5 Å². The molecule has 10 nitrogen and oxygen atoms in total. The number of benzene rings is 1. The summed E-state index contributed by atoms with van der Waals surface area (Å²) in [5.41, 5.74) is 2.16. The van der Waals surface area contributed by atoms with Crippen LogP contribution in [0.15, 0.2) is 48.0 Å². The highest BCUT2D eigenvalue weighted by Gasteiger charge is 2.23. The molecule has 0 amide bonds. The fourth-order valence-corrected chi connectivity index (χ4v) is 4.80. The van der Waals surface area contributed by atoms with E-state index in [2.05, 4.69) is 22.0 Å². The highest BCUT2D eigenvalue weighted by atomic mass is 35.5. The number of pyridine rings is 2. The predicted molar refractivity (Wildman–Crippen MR) is 148 cm³/mol. The Morgan fingerprint density at radius 2 is 1.82 bits per heavy atom. The van der Waals surface area contributed by atoms with Crippen molar-refractivity contribution < 1.29 is 19.3 Å². The highest BCUT2D eigenvalue weighted by molar-refractivity contribution is 6.41. The minimum Gasteiger partial charge on any atom is -0.495 e. The molecule has 0 fully saturated rings. The smallest absolute Gasteiger partial charge is 0.258 e. The fraction of sp³-hybridized carbons (Fsp3) is 0.269. The number of halogens is 2. The minimum absolute atomic E-state index is 0.246. The summed E-state index contributed by atoms with van der Waals surface area (Å²) in [5, 5.41) is 18.9. The number of ether oxygens (including phenoxy) is 3. The quantitative estimate of drug-likeness (QED) is 0.218. The second-order valence-corrected chi connectivity index (χ2v) is 9.04. The Balaban J connectivity index is 1.92. The summed E-state index contributed by atoms with van der Waals surface area (Å²) in [5.74, 6) is 0.713. The molecule has 38 heavy (non-hydrogen) atoms. The van der Waals surface area contributed by atoms with E-state index >= 15 is 0 Å². The zero-order valence-corrected chi connectivity index (χ0v) is 22.8. The number of anilines is 1. The van der Waals surface area contributed by atoms with Gasteiger partial charge in [0.15, 0.2) is 0 Å². The van der Waals surface area contributed by atoms with Gasteiger partial charge in [0.2, 0.25) is 0 Å². The number of aliphatic hydroxyl groups excluding tert-OH is 1. The van der Waals surface area contributed by atoms with Crippen LogP contribution >= 0.6 is 23.2 Å². The molecule has 0 radical (unpaired) electrons. The molecule has 0 aliphatic carbocycles. The lowest BCUT2D eigenvalue weighted by Crippen LogP contribution is -2.19. The first-order valence-electron chi connectivity index (χ1n) is 11.5. The first-order valence-corrected chi connectivity index (χ1v) is 12.2. The summed E-state index contributed by atoms with van der Waals surface area (Å²) >= 11 is 13.3. The zero-order valence-electron chi connectivity index (χ0n) is 21.3. The van der Waals surface area contributed by atoms with E-state index in [1.165, 1.54) is 24.9 Å². The van der Waals surface area contributed by atoms with Crippen molar-refractivity contribution in [2.24, 2.45) is 7.05 Å². The molecular formula is C26H27Cl2N5O5. The van der Waals surface area contributed by atoms with Crippen molar-refractivity contribution in [2.45, 2.75) is 12.8 Å². The maximum Gasteiger partial charge on any atom is 0.258 e. The second-order valence-electron chi connectivity index (χ2n) is 8.28. The molecule has 2 N–H and O–H groups in total. The highest BCUT2D eigenvalue weighted by Crippen LogP contribution is 2.46. The first-order chi connectivity index (χ1) is 18.2. The van der Waals surface area contributed by atoms with Crippen LogP contribution in [0.4, 0.5) is 5.69 Å². The molecule has 1 aromatic carbocycles. The molecule has 12 heteroatoms. The maximum absolute atomic E-state index is 13.6. The van der Waals surface area contributed by atoms with Gasteiger partial charge in [-0.15, -0.1) is 0 Å². The molecule has 3 heterocycles. The first kappa shape index (κ1) is 27.5. The Morgan fingerprint density at radius 3 is 2.42 bits per heavy atom. The van der Waals surface area contributed by atoms with Crippen LogP contribution in [0.1, 0.15) is 0 Å². The van der Waals surface area contributed by atoms with Gasteiger partial charge in [0, 0.05) is 37.4 Å². The molecule has 1 atom stereocenters. The average molecular weight is 560 g/mol. The van der Waals surface area contributed by atoms with Crippen molar-refractivity contribution >= 4 is 39.7 Å². The number of rotatable bonds is 10. The average Bonchev–Trinajstić information content (AvgIpc) is 3.32. The Hall–Kier alpha value is -3.57. The summed E-state index contributed by atoms with van der Waals surface area (Å²) < 4.78 is 19.1. The van der Waals surface area contributed by atoms with E-state index in [-0.39, 0.29) is 15.6 Å². The predicted octanol–water partition coefficient (Wildman–Crippen LogP) is 4.35. The lowest BCUT2D eigenvalue weighted by Gasteiger charge is -2.18. The van der Waals surface area contributed by atoms with Gasteiger partial charge in [0.1, 0.15) is 23.4 Å². The molecule has 200 valence electrons. The van der Waals surface area contributed by atoms with Crippen molar-refractivity contribution in [1.29, 1.82) is 0 Å². The number of fused-ring (bicyclic) bond motifs is 1. The summed E-state index contributed by atoms with van der Waals surface area (Å²) in [4.78, 5) is 18.2. The molecule has 0 bridgehead atoms. The van der Waals surface area contributed by atoms with E-state index in [1.54, 1.807) is 49.4 Å². The molecule has 4 aromatic rings. The number of nitrogens with one attached hydrogen (secondary N) is 1. The molecule has 0 spiro atoms. The molecule has 0 aliphatic heterocycles. The van der Waals surface area contributed by atoms with Gasteiger partial charge in [0.05, 0.1) is 66.1 Å². The van der Waals surface area contributed by atoms with Crippen molar-refractivity contribution in [3.63, 3.8) is 0 Å². The summed E-state index contributed by atoms with van der Waals surface area (Å²) in [6.45, 7) is 4.43. The third kappa shape index (κ3) is 4.95. The summed E-state index contributed by atoms with van der Waals surface area (Å²) in [7, 11) is 6.19. The fourth-order valence-electron chi connectivity index (χ4n) is 4.11. The minimum atomic E-state index is -1.00. The largest absolute Gasteiger partial charge is 0.495 e. The van der Waals surface area contributed by atoms with Gasteiger partial charge < -0.3 is 29.2 Å². The Kier molecular flexibility index (Phi) is 8.27. The zero-order chi connectivity index (χ0) is 27.6. The van der Waals surface area contributed by atoms with Crippen molar-refractivity contribution in [3.05, 3.63) is 63.6 Å². The van der Waals surface area contributed by atoms with E-state index in [0.29, 0.717) is 63.8 Å². The number of aromatic nitrogens is 4. The van der Waals surface area contributed by atoms with E-state index in [9.17, 15) is 9.90 Å². The van der Waals surface area contributed by atoms with Crippen LogP contribution in [-0.4, -0.2) is 58.6 Å². The maximum atomic E-state index is 13.6. The van der Waals surface area contributed by atoms with Gasteiger partial charge in [-0.2, -0.15) is 5.10 Å². The van der Waals surface area contributed by atoms with Gasteiger partial charge >= 0.3 is 0 Å². The van der Waals surface area contributed by atoms with Gasteiger partial charge in [-0.05, 0) is 18.2 Å². The normalized spacial score (nSPS) is 12.0. The van der Waals surface area contributed by atoms with Crippen molar-refractivity contribution in [2.75, 3.05) is 33.3 Å². The van der Waals surface area contributed by atoms with Crippen LogP contribution in [0, 0.1) is 0 Å². The van der Waals surface area contributed by atoms with E-state index in [4.69, 9.17) is 37.4 Å². The molecule has 1 unspecified atom stereocenters. The number of hydrogen-bond donors (Lipinski definition) is 2. The number of methoxy groups -OCH3 is 3. The Morgan fingerprint density at radius 1 is 1.13 bits per heavy atom. The van der Waals surface area contributed by atoms with E-state index in [1.807, 2.05) is 0 Å². The van der Waals surface area contributed by atoms with Crippen LogP contribution in [0.25, 0.3) is 33.4 Å². The SMILES string of the molecule is C=CC(O)Nc1cnn(CCOC)c1-c1cc2c(=O)n(C)c(-c3c(Cl)c(OC)cc(OC)c3Cl)cc2cn1. The molecule has 0 aliphatic rings. The van der Waals surface area contributed by atoms with E-state index in [0.717, 1.165) is 0 Å². The summed E-state index contributed by atoms with van der Waals surface area (Å²) in [6.07, 6.45) is 3.52.